The molecule has 0 saturated carbocycles. The second-order valence-electron chi connectivity index (χ2n) is 5.43. The summed E-state index contributed by atoms with van der Waals surface area (Å²) < 4.78 is 0. The number of aromatic nitrogens is 1. The van der Waals surface area contributed by atoms with Crippen LogP contribution in [0.4, 0.5) is 11.5 Å². The lowest BCUT2D eigenvalue weighted by atomic mass is 10.1. The molecule has 0 bridgehead atoms. The van der Waals surface area contributed by atoms with E-state index < -0.39 is 5.97 Å². The summed E-state index contributed by atoms with van der Waals surface area (Å²) in [6.07, 6.45) is 0. The maximum absolute atomic E-state index is 11.6. The highest BCUT2D eigenvalue weighted by Gasteiger charge is 2.20. The maximum Gasteiger partial charge on any atom is 0.339 e. The Morgan fingerprint density at radius 3 is 2.33 bits per heavy atom. The van der Waals surface area contributed by atoms with Crippen molar-refractivity contribution >= 4 is 17.5 Å². The van der Waals surface area contributed by atoms with Gasteiger partial charge >= 0.3 is 5.97 Å². The molecule has 1 aromatic carbocycles. The molecule has 21 heavy (non-hydrogen) atoms. The van der Waals surface area contributed by atoms with Crippen molar-refractivity contribution in [3.63, 3.8) is 0 Å². The Bertz CT molecular complexity index is 708. The Hall–Kier alpha value is -2.36. The summed E-state index contributed by atoms with van der Waals surface area (Å²) in [6.45, 7) is 7.73. The van der Waals surface area contributed by atoms with Crippen LogP contribution in [0.5, 0.6) is 0 Å². The number of aromatic carboxylic acids is 1. The van der Waals surface area contributed by atoms with Crippen molar-refractivity contribution < 1.29 is 9.90 Å². The standard InChI is InChI=1S/C17H20N2O2/c1-10-6-7-14(11(2)8-10)19(5)16-15(17(20)21)12(3)9-13(4)18-16/h6-9H,1-5H3,(H,20,21). The largest absolute Gasteiger partial charge is 0.478 e. The summed E-state index contributed by atoms with van der Waals surface area (Å²) in [4.78, 5) is 17.8. The number of nitrogens with zero attached hydrogens (tertiary/aromatic N) is 2. The monoisotopic (exact) mass is 284 g/mol. The Balaban J connectivity index is 2.62. The summed E-state index contributed by atoms with van der Waals surface area (Å²) in [5.74, 6) is -0.474. The highest BCUT2D eigenvalue weighted by molar-refractivity contribution is 5.96. The van der Waals surface area contributed by atoms with Crippen LogP contribution in [-0.4, -0.2) is 23.1 Å². The lowest BCUT2D eigenvalue weighted by Crippen LogP contribution is -2.18. The lowest BCUT2D eigenvalue weighted by Gasteiger charge is -2.23. The highest BCUT2D eigenvalue weighted by atomic mass is 16.4. The van der Waals surface area contributed by atoms with Gasteiger partial charge in [0, 0.05) is 18.4 Å². The van der Waals surface area contributed by atoms with Gasteiger partial charge in [-0.25, -0.2) is 9.78 Å². The zero-order valence-electron chi connectivity index (χ0n) is 13.1. The summed E-state index contributed by atoms with van der Waals surface area (Å²) in [5.41, 5.74) is 5.01. The molecule has 110 valence electrons. The molecule has 0 saturated heterocycles. The zero-order valence-corrected chi connectivity index (χ0v) is 13.1. The number of aryl methyl sites for hydroxylation is 4. The van der Waals surface area contributed by atoms with E-state index >= 15 is 0 Å². The van der Waals surface area contributed by atoms with Gasteiger partial charge in [-0.1, -0.05) is 17.7 Å². The molecule has 2 rings (SSSR count). The van der Waals surface area contributed by atoms with Gasteiger partial charge in [0.15, 0.2) is 0 Å². The fraction of sp³-hybridized carbons (Fsp3) is 0.294. The maximum atomic E-state index is 11.6. The van der Waals surface area contributed by atoms with Crippen molar-refractivity contribution in [2.75, 3.05) is 11.9 Å². The first kappa shape index (κ1) is 15.0. The third-order valence-electron chi connectivity index (χ3n) is 3.57. The molecule has 1 aromatic heterocycles. The fourth-order valence-corrected chi connectivity index (χ4v) is 2.62. The van der Waals surface area contributed by atoms with Crippen LogP contribution in [-0.2, 0) is 0 Å². The van der Waals surface area contributed by atoms with Crippen LogP contribution < -0.4 is 4.90 Å². The minimum absolute atomic E-state index is 0.253. The zero-order chi connectivity index (χ0) is 15.7. The normalized spacial score (nSPS) is 10.5. The molecule has 0 amide bonds. The van der Waals surface area contributed by atoms with E-state index in [9.17, 15) is 9.90 Å². The van der Waals surface area contributed by atoms with Gasteiger partial charge in [0.2, 0.25) is 0 Å². The lowest BCUT2D eigenvalue weighted by molar-refractivity contribution is 0.0696. The van der Waals surface area contributed by atoms with Gasteiger partial charge in [-0.3, -0.25) is 0 Å². The number of benzene rings is 1. The van der Waals surface area contributed by atoms with Crippen molar-refractivity contribution in [2.45, 2.75) is 27.7 Å². The number of carboxylic acids is 1. The fourth-order valence-electron chi connectivity index (χ4n) is 2.62. The van der Waals surface area contributed by atoms with Gasteiger partial charge < -0.3 is 10.0 Å². The predicted molar refractivity (Wildman–Crippen MR) is 84.6 cm³/mol. The van der Waals surface area contributed by atoms with Gasteiger partial charge in [0.05, 0.1) is 0 Å². The SMILES string of the molecule is Cc1ccc(N(C)c2nc(C)cc(C)c2C(=O)O)c(C)c1. The number of pyridine rings is 1. The number of rotatable bonds is 3. The summed E-state index contributed by atoms with van der Waals surface area (Å²) in [7, 11) is 1.85. The van der Waals surface area contributed by atoms with Crippen molar-refractivity contribution in [1.82, 2.24) is 4.98 Å². The Morgan fingerprint density at radius 1 is 1.10 bits per heavy atom. The third-order valence-corrected chi connectivity index (χ3v) is 3.57. The van der Waals surface area contributed by atoms with Crippen molar-refractivity contribution in [3.05, 3.63) is 52.2 Å². The molecule has 0 radical (unpaired) electrons. The van der Waals surface area contributed by atoms with Crippen LogP contribution in [0, 0.1) is 27.7 Å². The van der Waals surface area contributed by atoms with Gasteiger partial charge in [0.25, 0.3) is 0 Å². The van der Waals surface area contributed by atoms with Crippen LogP contribution >= 0.6 is 0 Å². The number of hydrogen-bond acceptors (Lipinski definition) is 3. The minimum Gasteiger partial charge on any atom is -0.478 e. The molecule has 0 unspecified atom stereocenters. The van der Waals surface area contributed by atoms with Crippen LogP contribution in [0.1, 0.15) is 32.7 Å². The molecule has 1 heterocycles. The van der Waals surface area contributed by atoms with E-state index in [2.05, 4.69) is 11.1 Å². The Morgan fingerprint density at radius 2 is 1.76 bits per heavy atom. The second-order valence-corrected chi connectivity index (χ2v) is 5.43. The van der Waals surface area contributed by atoms with Gasteiger partial charge in [-0.2, -0.15) is 0 Å². The van der Waals surface area contributed by atoms with Gasteiger partial charge in [-0.05, 0) is 51.0 Å². The predicted octanol–water partition coefficient (Wildman–Crippen LogP) is 3.78. The van der Waals surface area contributed by atoms with E-state index in [-0.39, 0.29) is 5.56 Å². The highest BCUT2D eigenvalue weighted by Crippen LogP contribution is 2.30. The Kier molecular flexibility index (Phi) is 3.98. The molecule has 4 heteroatoms. The van der Waals surface area contributed by atoms with Crippen LogP contribution in [0.3, 0.4) is 0 Å². The third kappa shape index (κ3) is 2.89. The van der Waals surface area contributed by atoms with E-state index in [1.165, 1.54) is 5.56 Å². The average Bonchev–Trinajstić information content (AvgIpc) is 2.36. The van der Waals surface area contributed by atoms with Crippen LogP contribution in [0.25, 0.3) is 0 Å². The first-order chi connectivity index (χ1) is 9.81. The number of anilines is 2. The molecule has 0 aliphatic carbocycles. The van der Waals surface area contributed by atoms with Crippen molar-refractivity contribution in [2.24, 2.45) is 0 Å². The number of carboxylic acid groups (broad SMARTS) is 1. The van der Waals surface area contributed by atoms with Crippen LogP contribution in [0.15, 0.2) is 24.3 Å². The van der Waals surface area contributed by atoms with Crippen molar-refractivity contribution in [3.8, 4) is 0 Å². The van der Waals surface area contributed by atoms with E-state index in [0.717, 1.165) is 22.5 Å². The number of hydrogen-bond donors (Lipinski definition) is 1. The molecule has 4 nitrogen and oxygen atoms in total. The molecule has 0 fully saturated rings. The number of carbonyl (C=O) groups is 1. The van der Waals surface area contributed by atoms with Gasteiger partial charge in [-0.15, -0.1) is 0 Å². The van der Waals surface area contributed by atoms with E-state index in [1.807, 2.05) is 44.9 Å². The molecule has 0 aliphatic heterocycles. The Labute approximate surface area is 125 Å². The van der Waals surface area contributed by atoms with E-state index in [4.69, 9.17) is 0 Å². The first-order valence-corrected chi connectivity index (χ1v) is 6.83. The molecule has 1 N–H and O–H groups in total. The summed E-state index contributed by atoms with van der Waals surface area (Å²) in [6, 6.07) is 7.88. The molecule has 2 aromatic rings. The quantitative estimate of drug-likeness (QED) is 0.932. The molecular formula is C17H20N2O2. The van der Waals surface area contributed by atoms with Crippen LogP contribution in [0.2, 0.25) is 0 Å². The molecule has 0 atom stereocenters. The van der Waals surface area contributed by atoms with Crippen molar-refractivity contribution in [1.29, 1.82) is 0 Å². The molecule has 0 spiro atoms. The molecule has 0 aliphatic rings. The molecular weight excluding hydrogens is 264 g/mol. The van der Waals surface area contributed by atoms with E-state index in [1.54, 1.807) is 13.0 Å². The first-order valence-electron chi connectivity index (χ1n) is 6.83. The second kappa shape index (κ2) is 5.56. The summed E-state index contributed by atoms with van der Waals surface area (Å²) >= 11 is 0. The van der Waals surface area contributed by atoms with E-state index in [0.29, 0.717) is 5.82 Å². The minimum atomic E-state index is -0.952. The topological polar surface area (TPSA) is 53.4 Å². The average molecular weight is 284 g/mol. The summed E-state index contributed by atoms with van der Waals surface area (Å²) in [5, 5.41) is 9.48. The smallest absolute Gasteiger partial charge is 0.339 e. The van der Waals surface area contributed by atoms with Gasteiger partial charge in [0.1, 0.15) is 11.4 Å².